The number of carbonyl (C=O) groups is 4. The SMILES string of the molecule is Cc1cc(C(=O)NC(C(=O)N2CC3C4C=CC(C4)C3C2C(=O)NC(C#N)CC2CCNC2=O)C(C)(C)C)no1. The Hall–Kier alpha value is -3.68. The zero-order valence-corrected chi connectivity index (χ0v) is 22.8. The van der Waals surface area contributed by atoms with Crippen molar-refractivity contribution in [3.05, 3.63) is 29.7 Å². The van der Waals surface area contributed by atoms with Crippen LogP contribution in [-0.2, 0) is 14.4 Å². The summed E-state index contributed by atoms with van der Waals surface area (Å²) >= 11 is 0. The first kappa shape index (κ1) is 26.9. The van der Waals surface area contributed by atoms with E-state index < -0.39 is 29.4 Å². The van der Waals surface area contributed by atoms with Crippen LogP contribution >= 0.6 is 0 Å². The van der Waals surface area contributed by atoms with Crippen LogP contribution in [0.25, 0.3) is 0 Å². The number of amides is 4. The summed E-state index contributed by atoms with van der Waals surface area (Å²) in [5, 5.41) is 22.0. The fraction of sp³-hybridized carbons (Fsp3) is 0.643. The number of carbonyl (C=O) groups excluding carboxylic acids is 4. The minimum Gasteiger partial charge on any atom is -0.361 e. The van der Waals surface area contributed by atoms with Crippen molar-refractivity contribution in [3.8, 4) is 6.07 Å². The lowest BCUT2D eigenvalue weighted by atomic mass is 9.81. The molecule has 0 aromatic carbocycles. The van der Waals surface area contributed by atoms with Crippen molar-refractivity contribution in [2.45, 2.75) is 65.1 Å². The molecule has 5 rings (SSSR count). The van der Waals surface area contributed by atoms with Crippen molar-refractivity contribution >= 4 is 23.6 Å². The normalized spacial score (nSPS) is 30.4. The Bertz CT molecular complexity index is 1240. The summed E-state index contributed by atoms with van der Waals surface area (Å²) in [5.74, 6) is -0.654. The Labute approximate surface area is 227 Å². The molecular formula is C28H36N6O5. The number of nitrogens with zero attached hydrogens (tertiary/aromatic N) is 3. The second-order valence-electron chi connectivity index (χ2n) is 12.4. The van der Waals surface area contributed by atoms with E-state index in [1.165, 1.54) is 6.07 Å². The highest BCUT2D eigenvalue weighted by molar-refractivity contribution is 5.98. The van der Waals surface area contributed by atoms with Crippen molar-refractivity contribution in [2.75, 3.05) is 13.1 Å². The van der Waals surface area contributed by atoms with E-state index in [2.05, 4.69) is 39.3 Å². The molecule has 2 bridgehead atoms. The lowest BCUT2D eigenvalue weighted by molar-refractivity contribution is -0.143. The van der Waals surface area contributed by atoms with Crippen molar-refractivity contribution < 1.29 is 23.7 Å². The molecule has 2 saturated heterocycles. The first-order chi connectivity index (χ1) is 18.5. The van der Waals surface area contributed by atoms with Crippen molar-refractivity contribution in [3.63, 3.8) is 0 Å². The van der Waals surface area contributed by atoms with Gasteiger partial charge in [0.15, 0.2) is 5.69 Å². The van der Waals surface area contributed by atoms with Crippen LogP contribution < -0.4 is 16.0 Å². The molecule has 4 aliphatic rings. The highest BCUT2D eigenvalue weighted by atomic mass is 16.5. The number of rotatable bonds is 7. The minimum absolute atomic E-state index is 0.0624. The van der Waals surface area contributed by atoms with Gasteiger partial charge in [0.05, 0.1) is 6.07 Å². The predicted molar refractivity (Wildman–Crippen MR) is 138 cm³/mol. The highest BCUT2D eigenvalue weighted by Gasteiger charge is 2.59. The van der Waals surface area contributed by atoms with Crippen LogP contribution in [0.4, 0.5) is 0 Å². The number of nitriles is 1. The Kier molecular flexibility index (Phi) is 6.99. The lowest BCUT2D eigenvalue weighted by Crippen LogP contribution is -2.59. The van der Waals surface area contributed by atoms with E-state index in [1.54, 1.807) is 11.8 Å². The third kappa shape index (κ3) is 5.04. The van der Waals surface area contributed by atoms with E-state index in [-0.39, 0.29) is 53.5 Å². The number of aryl methyl sites for hydroxylation is 1. The van der Waals surface area contributed by atoms with Gasteiger partial charge < -0.3 is 25.4 Å². The molecule has 2 aliphatic carbocycles. The molecule has 11 heteroatoms. The Morgan fingerprint density at radius 1 is 1.26 bits per heavy atom. The maximum atomic E-state index is 14.2. The van der Waals surface area contributed by atoms with Gasteiger partial charge in [-0.25, -0.2) is 0 Å². The Balaban J connectivity index is 1.38. The van der Waals surface area contributed by atoms with Crippen LogP contribution in [0.1, 0.15) is 56.3 Å². The van der Waals surface area contributed by atoms with Crippen LogP contribution in [0.2, 0.25) is 0 Å². The maximum Gasteiger partial charge on any atom is 0.274 e. The molecule has 1 aromatic rings. The van der Waals surface area contributed by atoms with Gasteiger partial charge >= 0.3 is 0 Å². The Morgan fingerprint density at radius 3 is 2.62 bits per heavy atom. The van der Waals surface area contributed by atoms with E-state index in [4.69, 9.17) is 4.52 Å². The second kappa shape index (κ2) is 10.1. The number of aromatic nitrogens is 1. The second-order valence-corrected chi connectivity index (χ2v) is 12.4. The first-order valence-electron chi connectivity index (χ1n) is 13.7. The summed E-state index contributed by atoms with van der Waals surface area (Å²) in [7, 11) is 0. The van der Waals surface area contributed by atoms with Crippen LogP contribution in [-0.4, -0.2) is 64.9 Å². The van der Waals surface area contributed by atoms with Gasteiger partial charge in [0.2, 0.25) is 17.7 Å². The van der Waals surface area contributed by atoms with Gasteiger partial charge in [-0.05, 0) is 55.3 Å². The lowest BCUT2D eigenvalue weighted by Gasteiger charge is -2.36. The molecule has 0 radical (unpaired) electrons. The number of hydrogen-bond acceptors (Lipinski definition) is 7. The van der Waals surface area contributed by atoms with Crippen LogP contribution in [0.15, 0.2) is 22.7 Å². The first-order valence-corrected chi connectivity index (χ1v) is 13.7. The molecule has 3 N–H and O–H groups in total. The number of hydrogen-bond donors (Lipinski definition) is 3. The summed E-state index contributed by atoms with van der Waals surface area (Å²) in [5.41, 5.74) is -0.579. The monoisotopic (exact) mass is 536 g/mol. The van der Waals surface area contributed by atoms with E-state index in [1.807, 2.05) is 20.8 Å². The molecule has 4 amide bonds. The van der Waals surface area contributed by atoms with Crippen LogP contribution in [0, 0.1) is 53.3 Å². The van der Waals surface area contributed by atoms with Crippen molar-refractivity contribution in [2.24, 2.45) is 35.0 Å². The molecule has 1 aromatic heterocycles. The number of allylic oxidation sites excluding steroid dienone is 2. The summed E-state index contributed by atoms with van der Waals surface area (Å²) in [6.45, 7) is 8.23. The topological polar surface area (TPSA) is 157 Å². The summed E-state index contributed by atoms with van der Waals surface area (Å²) in [6, 6.07) is 1.10. The fourth-order valence-electron chi connectivity index (χ4n) is 6.83. The average Bonchev–Trinajstić information content (AvgIpc) is 3.69. The van der Waals surface area contributed by atoms with E-state index in [0.717, 1.165) is 6.42 Å². The molecule has 1 saturated carbocycles. The largest absolute Gasteiger partial charge is 0.361 e. The number of nitrogens with one attached hydrogen (secondary N) is 3. The summed E-state index contributed by atoms with van der Waals surface area (Å²) < 4.78 is 5.03. The van der Waals surface area contributed by atoms with Gasteiger partial charge in [-0.3, -0.25) is 19.2 Å². The van der Waals surface area contributed by atoms with Crippen molar-refractivity contribution in [1.82, 2.24) is 26.0 Å². The van der Waals surface area contributed by atoms with E-state index in [0.29, 0.717) is 31.2 Å². The number of likely N-dealkylation sites (tertiary alicyclic amines) is 1. The third-order valence-corrected chi connectivity index (χ3v) is 8.75. The molecule has 8 unspecified atom stereocenters. The molecule has 0 spiro atoms. The zero-order chi connectivity index (χ0) is 28.1. The standard InChI is InChI=1S/C28H36N6O5/c1-14-9-20(33-39-14)25(36)32-23(28(2,3)4)27(38)34-13-19-15-5-6-16(10-15)21(19)22(34)26(37)31-18(12-29)11-17-7-8-30-24(17)35/h5-6,9,15-19,21-23H,7-8,10-11,13H2,1-4H3,(H,30,35)(H,31,37)(H,32,36). The fourth-order valence-corrected chi connectivity index (χ4v) is 6.83. The molecule has 39 heavy (non-hydrogen) atoms. The van der Waals surface area contributed by atoms with Crippen LogP contribution in [0.3, 0.4) is 0 Å². The average molecular weight is 537 g/mol. The molecule has 8 atom stereocenters. The maximum absolute atomic E-state index is 14.2. The zero-order valence-electron chi connectivity index (χ0n) is 22.8. The smallest absolute Gasteiger partial charge is 0.274 e. The highest BCUT2D eigenvalue weighted by Crippen LogP contribution is 2.54. The predicted octanol–water partition coefficient (Wildman–Crippen LogP) is 1.31. The summed E-state index contributed by atoms with van der Waals surface area (Å²) in [4.78, 5) is 54.7. The van der Waals surface area contributed by atoms with Gasteiger partial charge in [0, 0.05) is 25.1 Å². The van der Waals surface area contributed by atoms with Crippen molar-refractivity contribution in [1.29, 1.82) is 5.26 Å². The van der Waals surface area contributed by atoms with Gasteiger partial charge in [0.25, 0.3) is 5.91 Å². The molecule has 11 nitrogen and oxygen atoms in total. The molecule has 2 aliphatic heterocycles. The van der Waals surface area contributed by atoms with Gasteiger partial charge in [0.1, 0.15) is 23.9 Å². The third-order valence-electron chi connectivity index (χ3n) is 8.75. The van der Waals surface area contributed by atoms with Gasteiger partial charge in [-0.2, -0.15) is 5.26 Å². The molecular weight excluding hydrogens is 500 g/mol. The van der Waals surface area contributed by atoms with E-state index >= 15 is 0 Å². The van der Waals surface area contributed by atoms with E-state index in [9.17, 15) is 24.4 Å². The minimum atomic E-state index is -0.921. The number of fused-ring (bicyclic) bond motifs is 5. The van der Waals surface area contributed by atoms with Gasteiger partial charge in [-0.1, -0.05) is 38.1 Å². The Morgan fingerprint density at radius 2 is 2.00 bits per heavy atom. The summed E-state index contributed by atoms with van der Waals surface area (Å²) in [6.07, 6.45) is 6.13. The molecule has 208 valence electrons. The molecule has 3 fully saturated rings. The van der Waals surface area contributed by atoms with Crippen LogP contribution in [0.5, 0.6) is 0 Å². The quantitative estimate of drug-likeness (QED) is 0.443. The molecule has 3 heterocycles. The van der Waals surface area contributed by atoms with Gasteiger partial charge in [-0.15, -0.1) is 0 Å².